The number of rotatable bonds is 3. The van der Waals surface area contributed by atoms with Gasteiger partial charge in [0.05, 0.1) is 11.3 Å². The highest BCUT2D eigenvalue weighted by molar-refractivity contribution is 7.13. The summed E-state index contributed by atoms with van der Waals surface area (Å²) in [6, 6.07) is 11.5. The van der Waals surface area contributed by atoms with Crippen LogP contribution in [0.25, 0.3) is 10.8 Å². The maximum absolute atomic E-state index is 13.6. The maximum atomic E-state index is 13.6. The van der Waals surface area contributed by atoms with Crippen molar-refractivity contribution in [2.45, 2.75) is 32.8 Å². The molecule has 0 saturated carbocycles. The molecule has 7 nitrogen and oxygen atoms in total. The van der Waals surface area contributed by atoms with Gasteiger partial charge < -0.3 is 14.5 Å². The second kappa shape index (κ2) is 9.16. The number of amides is 2. The highest BCUT2D eigenvalue weighted by Gasteiger charge is 2.25. The highest BCUT2D eigenvalue weighted by atomic mass is 32.1. The first-order valence-corrected chi connectivity index (χ1v) is 11.6. The number of nitrogens with zero attached hydrogens (tertiary/aromatic N) is 3. The van der Waals surface area contributed by atoms with Gasteiger partial charge in [-0.05, 0) is 50.1 Å². The number of aromatic nitrogens is 1. The summed E-state index contributed by atoms with van der Waals surface area (Å²) in [6.45, 7) is 8.26. The van der Waals surface area contributed by atoms with Crippen molar-refractivity contribution in [3.63, 3.8) is 0 Å². The molecular formula is C24H28N4O3S. The molecule has 3 aromatic rings. The molecule has 2 heterocycles. The van der Waals surface area contributed by atoms with Crippen molar-refractivity contribution in [2.24, 2.45) is 0 Å². The van der Waals surface area contributed by atoms with Crippen LogP contribution in [0.1, 0.15) is 37.6 Å². The molecule has 168 valence electrons. The fraction of sp³-hybridized carbons (Fsp3) is 0.375. The van der Waals surface area contributed by atoms with Crippen molar-refractivity contribution >= 4 is 44.9 Å². The Kier molecular flexibility index (Phi) is 6.32. The Bertz CT molecular complexity index is 1110. The molecule has 0 radical (unpaired) electrons. The molecule has 2 aromatic carbocycles. The van der Waals surface area contributed by atoms with Crippen molar-refractivity contribution in [3.05, 3.63) is 53.5 Å². The summed E-state index contributed by atoms with van der Waals surface area (Å²) >= 11 is 1.61. The van der Waals surface area contributed by atoms with Gasteiger partial charge in [-0.1, -0.05) is 24.3 Å². The number of thiazole rings is 1. The lowest BCUT2D eigenvalue weighted by Crippen LogP contribution is -2.36. The third kappa shape index (κ3) is 5.19. The molecule has 1 aliphatic rings. The van der Waals surface area contributed by atoms with Crippen LogP contribution < -0.4 is 10.2 Å². The molecule has 32 heavy (non-hydrogen) atoms. The average Bonchev–Trinajstić information content (AvgIpc) is 3.16. The van der Waals surface area contributed by atoms with Crippen molar-refractivity contribution in [3.8, 4) is 0 Å². The zero-order valence-corrected chi connectivity index (χ0v) is 19.4. The molecule has 1 saturated heterocycles. The van der Waals surface area contributed by atoms with Gasteiger partial charge in [0.1, 0.15) is 5.60 Å². The number of carbonyl (C=O) groups is 2. The molecule has 0 aliphatic carbocycles. The standard InChI is InChI=1S/C24H28N4O3S/c1-24(2,3)31-23(30)26-20-16-18-8-5-4-7-17(18)15-19(20)21(29)27-10-6-11-28(13-12-27)22-25-9-14-32-22/h4-5,7-9,14-16H,6,10-13H2,1-3H3,(H,26,30). The Morgan fingerprint density at radius 1 is 1.06 bits per heavy atom. The van der Waals surface area contributed by atoms with Gasteiger partial charge in [-0.25, -0.2) is 9.78 Å². The van der Waals surface area contributed by atoms with E-state index in [4.69, 9.17) is 4.74 Å². The van der Waals surface area contributed by atoms with Crippen LogP contribution in [-0.2, 0) is 4.74 Å². The predicted molar refractivity (Wildman–Crippen MR) is 129 cm³/mol. The van der Waals surface area contributed by atoms with Crippen LogP contribution in [-0.4, -0.2) is 53.7 Å². The summed E-state index contributed by atoms with van der Waals surface area (Å²) < 4.78 is 5.42. The molecular weight excluding hydrogens is 424 g/mol. The lowest BCUT2D eigenvalue weighted by molar-refractivity contribution is 0.0636. The van der Waals surface area contributed by atoms with Crippen LogP contribution >= 0.6 is 11.3 Å². The van der Waals surface area contributed by atoms with Gasteiger partial charge in [0.15, 0.2) is 5.13 Å². The number of anilines is 2. The monoisotopic (exact) mass is 452 g/mol. The van der Waals surface area contributed by atoms with Gasteiger partial charge in [-0.15, -0.1) is 11.3 Å². The Hall–Kier alpha value is -3.13. The lowest BCUT2D eigenvalue weighted by Gasteiger charge is -2.24. The second-order valence-corrected chi connectivity index (χ2v) is 9.69. The molecule has 1 N–H and O–H groups in total. The van der Waals surface area contributed by atoms with Gasteiger partial charge in [0.2, 0.25) is 0 Å². The minimum atomic E-state index is -0.630. The normalized spacial score (nSPS) is 14.8. The Morgan fingerprint density at radius 3 is 2.50 bits per heavy atom. The Morgan fingerprint density at radius 2 is 1.81 bits per heavy atom. The molecule has 0 bridgehead atoms. The zero-order chi connectivity index (χ0) is 22.7. The summed E-state index contributed by atoms with van der Waals surface area (Å²) in [5.41, 5.74) is 0.302. The van der Waals surface area contributed by atoms with Gasteiger partial charge in [0, 0.05) is 37.8 Å². The number of hydrogen-bond donors (Lipinski definition) is 1. The number of nitrogens with one attached hydrogen (secondary N) is 1. The molecule has 1 aliphatic heterocycles. The van der Waals surface area contributed by atoms with Gasteiger partial charge >= 0.3 is 6.09 Å². The van der Waals surface area contributed by atoms with Crippen LogP contribution in [0.3, 0.4) is 0 Å². The third-order valence-corrected chi connectivity index (χ3v) is 6.06. The smallest absolute Gasteiger partial charge is 0.412 e. The first-order valence-electron chi connectivity index (χ1n) is 10.8. The fourth-order valence-electron chi connectivity index (χ4n) is 3.79. The number of ether oxygens (including phenoxy) is 1. The van der Waals surface area contributed by atoms with E-state index in [1.165, 1.54) is 0 Å². The van der Waals surface area contributed by atoms with Crippen LogP contribution in [0, 0.1) is 0 Å². The summed E-state index contributed by atoms with van der Waals surface area (Å²) in [5, 5.41) is 7.64. The molecule has 2 amide bonds. The quantitative estimate of drug-likeness (QED) is 0.606. The molecule has 8 heteroatoms. The summed E-state index contributed by atoms with van der Waals surface area (Å²) in [4.78, 5) is 34.5. The van der Waals surface area contributed by atoms with E-state index in [9.17, 15) is 9.59 Å². The Balaban J connectivity index is 1.60. The zero-order valence-electron chi connectivity index (χ0n) is 18.6. The van der Waals surface area contributed by atoms with E-state index < -0.39 is 11.7 Å². The number of fused-ring (bicyclic) bond motifs is 1. The molecule has 1 aromatic heterocycles. The van der Waals surface area contributed by atoms with Gasteiger partial charge in [0.25, 0.3) is 5.91 Å². The summed E-state index contributed by atoms with van der Waals surface area (Å²) in [6.07, 6.45) is 2.08. The molecule has 0 unspecified atom stereocenters. The first-order chi connectivity index (χ1) is 15.3. The third-order valence-electron chi connectivity index (χ3n) is 5.22. The van der Waals surface area contributed by atoms with Crippen LogP contribution in [0.2, 0.25) is 0 Å². The average molecular weight is 453 g/mol. The second-order valence-electron chi connectivity index (χ2n) is 8.82. The Labute approximate surface area is 192 Å². The summed E-state index contributed by atoms with van der Waals surface area (Å²) in [5.74, 6) is -0.0946. The summed E-state index contributed by atoms with van der Waals surface area (Å²) in [7, 11) is 0. The number of hydrogen-bond acceptors (Lipinski definition) is 6. The SMILES string of the molecule is CC(C)(C)OC(=O)Nc1cc2ccccc2cc1C(=O)N1CCCN(c2nccs2)CC1. The minimum Gasteiger partial charge on any atom is -0.444 e. The lowest BCUT2D eigenvalue weighted by atomic mass is 10.0. The molecule has 0 spiro atoms. The van der Waals surface area contributed by atoms with Crippen LogP contribution in [0.4, 0.5) is 15.6 Å². The number of carbonyl (C=O) groups excluding carboxylic acids is 2. The van der Waals surface area contributed by atoms with E-state index >= 15 is 0 Å². The van der Waals surface area contributed by atoms with Crippen LogP contribution in [0.5, 0.6) is 0 Å². The first kappa shape index (κ1) is 22.1. The highest BCUT2D eigenvalue weighted by Crippen LogP contribution is 2.27. The van der Waals surface area contributed by atoms with E-state index in [0.717, 1.165) is 35.4 Å². The van der Waals surface area contributed by atoms with Crippen molar-refractivity contribution in [1.82, 2.24) is 9.88 Å². The molecule has 4 rings (SSSR count). The van der Waals surface area contributed by atoms with E-state index in [1.54, 1.807) is 17.5 Å². The largest absolute Gasteiger partial charge is 0.444 e. The van der Waals surface area contributed by atoms with E-state index in [0.29, 0.717) is 24.3 Å². The van der Waals surface area contributed by atoms with E-state index in [1.807, 2.05) is 67.4 Å². The number of benzene rings is 2. The topological polar surface area (TPSA) is 74.8 Å². The van der Waals surface area contributed by atoms with E-state index in [-0.39, 0.29) is 5.91 Å². The molecule has 1 fully saturated rings. The minimum absolute atomic E-state index is 0.0946. The maximum Gasteiger partial charge on any atom is 0.412 e. The molecule has 0 atom stereocenters. The predicted octanol–water partition coefficient (Wildman–Crippen LogP) is 5.00. The van der Waals surface area contributed by atoms with Crippen molar-refractivity contribution in [1.29, 1.82) is 0 Å². The van der Waals surface area contributed by atoms with Gasteiger partial charge in [-0.2, -0.15) is 0 Å². The van der Waals surface area contributed by atoms with Crippen molar-refractivity contribution < 1.29 is 14.3 Å². The van der Waals surface area contributed by atoms with Crippen molar-refractivity contribution in [2.75, 3.05) is 36.4 Å². The van der Waals surface area contributed by atoms with Gasteiger partial charge in [-0.3, -0.25) is 10.1 Å². The van der Waals surface area contributed by atoms with Crippen LogP contribution in [0.15, 0.2) is 48.0 Å². The fourth-order valence-corrected chi connectivity index (χ4v) is 4.49. The van der Waals surface area contributed by atoms with E-state index in [2.05, 4.69) is 15.2 Å².